The Morgan fingerprint density at radius 1 is 1.36 bits per heavy atom. The number of nitrogens with zero attached hydrogens (tertiary/aromatic N) is 4. The molecule has 5 rings (SSSR count). The lowest BCUT2D eigenvalue weighted by Crippen LogP contribution is -2.45. The smallest absolute Gasteiger partial charge is 0.264 e. The number of fused-ring (bicyclic) bond motifs is 2. The lowest BCUT2D eigenvalue weighted by molar-refractivity contribution is -0.145. The fourth-order valence-corrected chi connectivity index (χ4v) is 9.39. The molecule has 0 aliphatic carbocycles. The summed E-state index contributed by atoms with van der Waals surface area (Å²) in [4.78, 5) is 39.9. The van der Waals surface area contributed by atoms with Crippen LogP contribution in [0, 0.1) is 11.8 Å². The normalized spacial score (nSPS) is 28.8. The monoisotopic (exact) mass is 556 g/mol. The molecule has 1 spiro atoms. The largest absolute Gasteiger partial charge is 0.432 e. The van der Waals surface area contributed by atoms with Crippen LogP contribution in [-0.4, -0.2) is 77.9 Å². The maximum absolute atomic E-state index is 13.9. The first-order chi connectivity index (χ1) is 18.6. The third-order valence-corrected chi connectivity index (χ3v) is 11.1. The van der Waals surface area contributed by atoms with Crippen molar-refractivity contribution in [2.45, 2.75) is 69.5 Å². The molecule has 2 saturated heterocycles. The summed E-state index contributed by atoms with van der Waals surface area (Å²) in [6.45, 7) is 7.91. The Kier molecular flexibility index (Phi) is 7.68. The van der Waals surface area contributed by atoms with E-state index in [1.165, 1.54) is 0 Å². The SMILES string of the molecule is C[C@H]1[C@H]([Si](C)(C)O)[C@@H](CCn2cc(CCO)nn2)O[C@]12C(=O)N(C)c1ccc(NC(=O)C3CCCNC3)cc12. The third kappa shape index (κ3) is 5.04. The standard InChI is InChI=1S/C27H40N6O5Si/c1-17-24(39(3,4)37)23(9-12-33-16-20(10-13-34)30-31-33)38-27(17)21-14-19(7-8-22(21)32(2)26(27)36)29-25(35)18-6-5-11-28-15-18/h7-8,14,16-18,23-24,28,34,37H,5-6,9-13,15H2,1-4H3,(H,29,35)/t17-,18?,23+,24-,27+/m0/s1. The molecule has 12 heteroatoms. The van der Waals surface area contributed by atoms with E-state index in [4.69, 9.17) is 4.74 Å². The molecule has 2 amide bonds. The first-order valence-corrected chi connectivity index (χ1v) is 16.9. The van der Waals surface area contributed by atoms with Crippen LogP contribution in [0.3, 0.4) is 0 Å². The van der Waals surface area contributed by atoms with Gasteiger partial charge in [0.15, 0.2) is 13.9 Å². The van der Waals surface area contributed by atoms with Gasteiger partial charge in [0.05, 0.1) is 23.4 Å². The quantitative estimate of drug-likeness (QED) is 0.360. The number of ether oxygens (including phenoxy) is 1. The van der Waals surface area contributed by atoms with Gasteiger partial charge in [-0.05, 0) is 57.1 Å². The zero-order valence-electron chi connectivity index (χ0n) is 23.2. The molecular formula is C27H40N6O5Si. The lowest BCUT2D eigenvalue weighted by Gasteiger charge is -2.32. The Morgan fingerprint density at radius 3 is 2.85 bits per heavy atom. The van der Waals surface area contributed by atoms with Crippen LogP contribution in [0.1, 0.15) is 37.4 Å². The van der Waals surface area contributed by atoms with Crippen molar-refractivity contribution in [1.29, 1.82) is 0 Å². The predicted molar refractivity (Wildman–Crippen MR) is 149 cm³/mol. The summed E-state index contributed by atoms with van der Waals surface area (Å²) in [5.41, 5.74) is 1.40. The van der Waals surface area contributed by atoms with Gasteiger partial charge in [-0.25, -0.2) is 0 Å². The van der Waals surface area contributed by atoms with E-state index in [0.29, 0.717) is 37.3 Å². The first kappa shape index (κ1) is 27.9. The summed E-state index contributed by atoms with van der Waals surface area (Å²) >= 11 is 0. The van der Waals surface area contributed by atoms with E-state index in [1.54, 1.807) is 16.6 Å². The molecule has 1 aromatic heterocycles. The second-order valence-corrected chi connectivity index (χ2v) is 15.7. The number of amides is 2. The van der Waals surface area contributed by atoms with Crippen LogP contribution in [0.4, 0.5) is 11.4 Å². The molecule has 3 aliphatic rings. The topological polar surface area (TPSA) is 142 Å². The summed E-state index contributed by atoms with van der Waals surface area (Å²) in [5, 5.41) is 23.8. The summed E-state index contributed by atoms with van der Waals surface area (Å²) < 4.78 is 8.50. The van der Waals surface area contributed by atoms with E-state index in [1.807, 2.05) is 44.4 Å². The van der Waals surface area contributed by atoms with Crippen LogP contribution in [0.5, 0.6) is 0 Å². The van der Waals surface area contributed by atoms with E-state index >= 15 is 0 Å². The molecule has 2 fully saturated rings. The zero-order chi connectivity index (χ0) is 27.9. The highest BCUT2D eigenvalue weighted by atomic mass is 28.4. The van der Waals surface area contributed by atoms with Crippen molar-refractivity contribution in [2.75, 3.05) is 37.0 Å². The number of rotatable bonds is 8. The number of carbonyl (C=O) groups is 2. The molecular weight excluding hydrogens is 516 g/mol. The Bertz CT molecular complexity index is 1230. The van der Waals surface area contributed by atoms with Gasteiger partial charge in [-0.15, -0.1) is 5.10 Å². The lowest BCUT2D eigenvalue weighted by atomic mass is 9.82. The van der Waals surface area contributed by atoms with Gasteiger partial charge in [0.2, 0.25) is 5.91 Å². The zero-order valence-corrected chi connectivity index (χ0v) is 24.2. The number of hydrogen-bond acceptors (Lipinski definition) is 8. The molecule has 0 saturated carbocycles. The fraction of sp³-hybridized carbons (Fsp3) is 0.630. The average molecular weight is 557 g/mol. The number of aliphatic hydroxyl groups excluding tert-OH is 1. The van der Waals surface area contributed by atoms with E-state index < -0.39 is 13.9 Å². The number of aromatic nitrogens is 3. The first-order valence-electron chi connectivity index (χ1n) is 13.9. The molecule has 11 nitrogen and oxygen atoms in total. The number of piperidine rings is 1. The highest BCUT2D eigenvalue weighted by Gasteiger charge is 2.65. The minimum absolute atomic E-state index is 0.00582. The second-order valence-electron chi connectivity index (χ2n) is 11.7. The molecule has 39 heavy (non-hydrogen) atoms. The van der Waals surface area contributed by atoms with Gasteiger partial charge in [-0.1, -0.05) is 12.1 Å². The predicted octanol–water partition coefficient (Wildman–Crippen LogP) is 1.62. The van der Waals surface area contributed by atoms with Gasteiger partial charge in [0.1, 0.15) is 0 Å². The van der Waals surface area contributed by atoms with Crippen molar-refractivity contribution in [3.63, 3.8) is 0 Å². The Morgan fingerprint density at radius 2 is 2.15 bits per heavy atom. The van der Waals surface area contributed by atoms with Crippen molar-refractivity contribution < 1.29 is 24.2 Å². The Hall–Kier alpha value is -2.64. The van der Waals surface area contributed by atoms with E-state index in [2.05, 4.69) is 20.9 Å². The summed E-state index contributed by atoms with van der Waals surface area (Å²) in [6, 6.07) is 5.59. The molecule has 4 heterocycles. The molecule has 1 aromatic carbocycles. The van der Waals surface area contributed by atoms with Crippen LogP contribution in [0.2, 0.25) is 18.6 Å². The molecule has 0 bridgehead atoms. The third-order valence-electron chi connectivity index (χ3n) is 8.65. The Labute approximate surface area is 230 Å². The van der Waals surface area contributed by atoms with Crippen molar-refractivity contribution in [3.8, 4) is 0 Å². The molecule has 3 aliphatic heterocycles. The van der Waals surface area contributed by atoms with E-state index in [0.717, 1.165) is 30.6 Å². The molecule has 0 radical (unpaired) electrons. The number of aryl methyl sites for hydroxylation is 1. The van der Waals surface area contributed by atoms with Crippen LogP contribution in [0.15, 0.2) is 24.4 Å². The molecule has 1 unspecified atom stereocenters. The maximum Gasteiger partial charge on any atom is 0.264 e. The number of aliphatic hydroxyl groups is 1. The van der Waals surface area contributed by atoms with Crippen LogP contribution >= 0.6 is 0 Å². The summed E-state index contributed by atoms with van der Waals surface area (Å²) in [6.07, 6.45) is 4.24. The average Bonchev–Trinajstić information content (AvgIpc) is 3.54. The number of likely N-dealkylation sites (N-methyl/N-ethyl adjacent to an activating group) is 1. The summed E-state index contributed by atoms with van der Waals surface area (Å²) in [5.74, 6) is -0.542. The van der Waals surface area contributed by atoms with E-state index in [9.17, 15) is 19.5 Å². The Balaban J connectivity index is 1.44. The van der Waals surface area contributed by atoms with Crippen molar-refractivity contribution in [2.24, 2.45) is 11.8 Å². The summed E-state index contributed by atoms with van der Waals surface area (Å²) in [7, 11) is -1.03. The van der Waals surface area contributed by atoms with Crippen LogP contribution < -0.4 is 15.5 Å². The highest BCUT2D eigenvalue weighted by molar-refractivity contribution is 6.71. The van der Waals surface area contributed by atoms with Crippen molar-refractivity contribution in [3.05, 3.63) is 35.7 Å². The van der Waals surface area contributed by atoms with Crippen LogP contribution in [0.25, 0.3) is 0 Å². The van der Waals surface area contributed by atoms with Gasteiger partial charge < -0.3 is 30.2 Å². The van der Waals surface area contributed by atoms with Gasteiger partial charge in [-0.3, -0.25) is 14.3 Å². The number of anilines is 2. The van der Waals surface area contributed by atoms with Crippen LogP contribution in [-0.2, 0) is 32.9 Å². The number of benzene rings is 1. The minimum atomic E-state index is -2.78. The van der Waals surface area contributed by atoms with Crippen molar-refractivity contribution in [1.82, 2.24) is 20.3 Å². The second kappa shape index (κ2) is 10.7. The number of hydrogen-bond donors (Lipinski definition) is 4. The highest BCUT2D eigenvalue weighted by Crippen LogP contribution is 2.59. The molecule has 5 atom stereocenters. The molecule has 2 aromatic rings. The van der Waals surface area contributed by atoms with Crippen molar-refractivity contribution >= 4 is 31.5 Å². The number of nitrogens with one attached hydrogen (secondary N) is 2. The molecule has 4 N–H and O–H groups in total. The maximum atomic E-state index is 13.9. The van der Waals surface area contributed by atoms with Gasteiger partial charge in [0.25, 0.3) is 5.91 Å². The van der Waals surface area contributed by atoms with Gasteiger partial charge >= 0.3 is 0 Å². The van der Waals surface area contributed by atoms with Gasteiger partial charge in [-0.2, -0.15) is 0 Å². The van der Waals surface area contributed by atoms with E-state index in [-0.39, 0.29) is 41.9 Å². The number of carbonyl (C=O) groups excluding carboxylic acids is 2. The fourth-order valence-electron chi connectivity index (χ4n) is 6.79. The molecule has 212 valence electrons. The van der Waals surface area contributed by atoms with Gasteiger partial charge in [0, 0.05) is 62.1 Å². The minimum Gasteiger partial charge on any atom is -0.432 e.